The minimum Gasteiger partial charge on any atom is -0.461 e. The first-order valence-electron chi connectivity index (χ1n) is 29.1. The van der Waals surface area contributed by atoms with Crippen LogP contribution < -0.4 is 18.9 Å². The first-order valence-corrected chi connectivity index (χ1v) is 29.1. The number of carbonyl (C=O) groups excluding carboxylic acids is 6. The average Bonchev–Trinajstić information content (AvgIpc) is 0.793. The van der Waals surface area contributed by atoms with Crippen LogP contribution in [0.25, 0.3) is 43.1 Å². The van der Waals surface area contributed by atoms with Gasteiger partial charge in [-0.05, 0) is 125 Å². The lowest BCUT2D eigenvalue weighted by Crippen LogP contribution is -2.51. The van der Waals surface area contributed by atoms with Crippen molar-refractivity contribution in [3.63, 3.8) is 0 Å². The third-order valence-electron chi connectivity index (χ3n) is 16.1. The standard InChI is InChI=1S/C70H62N2O14/c1-35(2)25-51(69(77)81-33-45-31-79-45)71-65(73)47-27-53(83-41-17-9-37(5)10-18-41)59-61-55(85-43-21-13-39(7)14-22-43)29-49-58-50(68(76)72(67(49)75)52(26-36(3)4)70(78)82-34-46-32-80-46)30-56(86-44-23-15-40(8)16-24-44)62(64(58)61)60-54(84-42-19-11-38(6)12-20-42)28-48(66(71)74)57(47)63(59)60/h9-24,27-30,35-36,45-46,51-52H,25-26,31-34H2,1-8H3. The minimum absolute atomic E-state index is 0.0315. The summed E-state index contributed by atoms with van der Waals surface area (Å²) in [5, 5.41) is 2.31. The van der Waals surface area contributed by atoms with Crippen molar-refractivity contribution in [3.05, 3.63) is 166 Å². The molecule has 9 aromatic carbocycles. The number of carbonyl (C=O) groups is 6. The molecule has 4 amide bonds. The number of hydrogen-bond donors (Lipinski definition) is 0. The highest BCUT2D eigenvalue weighted by molar-refractivity contribution is 6.45. The fourth-order valence-corrected chi connectivity index (χ4v) is 11.7. The van der Waals surface area contributed by atoms with E-state index in [9.17, 15) is 9.59 Å². The zero-order chi connectivity index (χ0) is 60.0. The van der Waals surface area contributed by atoms with E-state index in [0.29, 0.717) is 68.5 Å². The molecule has 13 rings (SSSR count). The van der Waals surface area contributed by atoms with Gasteiger partial charge in [-0.1, -0.05) is 98.5 Å². The lowest BCUT2D eigenvalue weighted by molar-refractivity contribution is -0.150. The molecule has 16 nitrogen and oxygen atoms in total. The van der Waals surface area contributed by atoms with Crippen LogP contribution in [0.1, 0.15) is 104 Å². The Labute approximate surface area is 495 Å². The molecule has 4 aliphatic rings. The van der Waals surface area contributed by atoms with Crippen LogP contribution in [0, 0.1) is 39.5 Å². The van der Waals surface area contributed by atoms with Crippen LogP contribution in [0.4, 0.5) is 0 Å². The number of hydrogen-bond acceptors (Lipinski definition) is 14. The van der Waals surface area contributed by atoms with Crippen molar-refractivity contribution >= 4 is 78.7 Å². The molecule has 0 saturated carbocycles. The second-order valence-corrected chi connectivity index (χ2v) is 23.8. The normalized spacial score (nSPS) is 16.9. The van der Waals surface area contributed by atoms with E-state index in [1.165, 1.54) is 0 Å². The van der Waals surface area contributed by atoms with Gasteiger partial charge in [0.05, 0.1) is 35.5 Å². The number of ether oxygens (including phenoxy) is 8. The maximum atomic E-state index is 15.9. The summed E-state index contributed by atoms with van der Waals surface area (Å²) in [6.45, 7) is 16.1. The van der Waals surface area contributed by atoms with Gasteiger partial charge in [0.2, 0.25) is 0 Å². The van der Waals surface area contributed by atoms with Gasteiger partial charge in [-0.3, -0.25) is 29.0 Å². The molecule has 0 radical (unpaired) electrons. The maximum Gasteiger partial charge on any atom is 0.329 e. The minimum atomic E-state index is -1.35. The van der Waals surface area contributed by atoms with E-state index in [0.717, 1.165) is 32.1 Å². The van der Waals surface area contributed by atoms with Crippen LogP contribution >= 0.6 is 0 Å². The summed E-state index contributed by atoms with van der Waals surface area (Å²) in [5.74, 6) is -3.00. The number of imide groups is 2. The van der Waals surface area contributed by atoms with Crippen LogP contribution in [0.15, 0.2) is 121 Å². The van der Waals surface area contributed by atoms with Gasteiger partial charge in [0, 0.05) is 43.1 Å². The van der Waals surface area contributed by atoms with Gasteiger partial charge in [0.25, 0.3) is 23.6 Å². The van der Waals surface area contributed by atoms with Crippen LogP contribution in [0.2, 0.25) is 0 Å². The second-order valence-electron chi connectivity index (χ2n) is 23.8. The van der Waals surface area contributed by atoms with E-state index in [4.69, 9.17) is 37.9 Å². The largest absolute Gasteiger partial charge is 0.461 e. The lowest BCUT2D eigenvalue weighted by Gasteiger charge is -2.36. The summed E-state index contributed by atoms with van der Waals surface area (Å²) >= 11 is 0. The number of aryl methyl sites for hydroxylation is 4. The predicted molar refractivity (Wildman–Crippen MR) is 322 cm³/mol. The van der Waals surface area contributed by atoms with Crippen molar-refractivity contribution in [2.75, 3.05) is 26.4 Å². The molecule has 0 aromatic heterocycles. The van der Waals surface area contributed by atoms with Crippen molar-refractivity contribution in [1.82, 2.24) is 9.80 Å². The van der Waals surface area contributed by atoms with Gasteiger partial charge < -0.3 is 37.9 Å². The first kappa shape index (κ1) is 55.8. The number of amides is 4. The molecule has 2 fully saturated rings. The molecule has 86 heavy (non-hydrogen) atoms. The zero-order valence-electron chi connectivity index (χ0n) is 48.9. The number of fused-ring (bicyclic) bond motifs is 2. The van der Waals surface area contributed by atoms with Crippen molar-refractivity contribution in [2.45, 2.75) is 92.5 Å². The molecule has 4 heterocycles. The maximum absolute atomic E-state index is 15.9. The Morgan fingerprint density at radius 2 is 0.651 bits per heavy atom. The molecule has 16 heteroatoms. The van der Waals surface area contributed by atoms with Gasteiger partial charge in [-0.15, -0.1) is 0 Å². The Morgan fingerprint density at radius 1 is 0.407 bits per heavy atom. The Bertz CT molecular complexity index is 3760. The van der Waals surface area contributed by atoms with Gasteiger partial charge >= 0.3 is 11.9 Å². The van der Waals surface area contributed by atoms with Crippen molar-refractivity contribution in [3.8, 4) is 46.0 Å². The van der Waals surface area contributed by atoms with Gasteiger partial charge in [-0.2, -0.15) is 0 Å². The Morgan fingerprint density at radius 3 is 0.872 bits per heavy atom. The topological polar surface area (TPSA) is 189 Å². The Kier molecular flexibility index (Phi) is 14.2. The van der Waals surface area contributed by atoms with E-state index < -0.39 is 47.7 Å². The van der Waals surface area contributed by atoms with Gasteiger partial charge in [0.15, 0.2) is 0 Å². The Hall–Kier alpha value is -9.38. The highest BCUT2D eigenvalue weighted by Crippen LogP contribution is 2.58. The summed E-state index contributed by atoms with van der Waals surface area (Å²) < 4.78 is 50.7. The first-order chi connectivity index (χ1) is 41.4. The van der Waals surface area contributed by atoms with Gasteiger partial charge in [-0.25, -0.2) is 9.59 Å². The molecular weight excluding hydrogens is 1090 g/mol. The fourth-order valence-electron chi connectivity index (χ4n) is 11.7. The lowest BCUT2D eigenvalue weighted by atomic mass is 9.80. The molecule has 0 N–H and O–H groups in total. The summed E-state index contributed by atoms with van der Waals surface area (Å²) in [5.41, 5.74) is 3.92. The van der Waals surface area contributed by atoms with Crippen molar-refractivity contribution < 1.29 is 66.7 Å². The number of rotatable bonds is 20. The van der Waals surface area contributed by atoms with Crippen molar-refractivity contribution in [2.24, 2.45) is 11.8 Å². The second kappa shape index (κ2) is 21.9. The molecule has 0 aliphatic carbocycles. The molecule has 4 unspecified atom stereocenters. The third-order valence-corrected chi connectivity index (χ3v) is 16.1. The zero-order valence-corrected chi connectivity index (χ0v) is 48.9. The smallest absolute Gasteiger partial charge is 0.329 e. The summed E-state index contributed by atoms with van der Waals surface area (Å²) in [4.78, 5) is 94.3. The third kappa shape index (κ3) is 10.3. The van der Waals surface area contributed by atoms with E-state index in [1.807, 2.05) is 104 Å². The van der Waals surface area contributed by atoms with Crippen LogP contribution in [-0.4, -0.2) is 96.1 Å². The molecular formula is C70H62N2O14. The van der Waals surface area contributed by atoms with E-state index >= 15 is 19.2 Å². The summed E-state index contributed by atoms with van der Waals surface area (Å²) in [6.07, 6.45) is -0.404. The fraction of sp³-hybridized carbons (Fsp3) is 0.286. The monoisotopic (exact) mass is 1150 g/mol. The molecule has 2 saturated heterocycles. The number of nitrogens with zero attached hydrogens (tertiary/aromatic N) is 2. The number of epoxide rings is 2. The molecule has 9 aromatic rings. The van der Waals surface area contributed by atoms with Crippen LogP contribution in [-0.2, 0) is 28.5 Å². The van der Waals surface area contributed by atoms with Gasteiger partial charge in [0.1, 0.15) is 83.5 Å². The highest BCUT2D eigenvalue weighted by Gasteiger charge is 2.47. The quantitative estimate of drug-likeness (QED) is 0.0230. The van der Waals surface area contributed by atoms with Crippen LogP contribution in [0.5, 0.6) is 46.0 Å². The predicted octanol–water partition coefficient (Wildman–Crippen LogP) is 14.0. The molecule has 436 valence electrons. The molecule has 0 bridgehead atoms. The highest BCUT2D eigenvalue weighted by atomic mass is 16.6. The van der Waals surface area contributed by atoms with E-state index in [1.54, 1.807) is 72.8 Å². The average molecular weight is 1160 g/mol. The summed E-state index contributed by atoms with van der Waals surface area (Å²) in [6, 6.07) is 33.0. The van der Waals surface area contributed by atoms with Crippen molar-refractivity contribution in [1.29, 1.82) is 0 Å². The Balaban J connectivity index is 1.19. The van der Waals surface area contributed by atoms with Crippen LogP contribution in [0.3, 0.4) is 0 Å². The molecule has 0 spiro atoms. The molecule has 4 aliphatic heterocycles. The van der Waals surface area contributed by atoms with E-state index in [-0.39, 0.29) is 106 Å². The number of benzene rings is 9. The molecule has 4 atom stereocenters. The van der Waals surface area contributed by atoms with E-state index in [2.05, 4.69) is 0 Å². The summed E-state index contributed by atoms with van der Waals surface area (Å²) in [7, 11) is 0. The SMILES string of the molecule is Cc1ccc(Oc2cc3c4c(cc(Oc5ccc(C)cc5)c5c6c(Oc7ccc(C)cc7)cc7c8c(cc(Oc9ccc(C)cc9)c(c2c45)c86)C(=O)N(C(CC(C)C)C(=O)OCC2CO2)C7=O)C(=O)N(C(CC(C)C)C(=O)OCC2CO2)C3=O)cc1. The number of esters is 2.